The van der Waals surface area contributed by atoms with E-state index in [-0.39, 0.29) is 0 Å². The van der Waals surface area contributed by atoms with Crippen LogP contribution in [0.3, 0.4) is 0 Å². The predicted octanol–water partition coefficient (Wildman–Crippen LogP) is 4.56. The number of aryl methyl sites for hydroxylation is 1. The molecule has 1 aromatic carbocycles. The Morgan fingerprint density at radius 3 is 2.40 bits per heavy atom. The summed E-state index contributed by atoms with van der Waals surface area (Å²) in [5, 5.41) is 0. The summed E-state index contributed by atoms with van der Waals surface area (Å²) < 4.78 is 5.60. The molecule has 0 aliphatic heterocycles. The third kappa shape index (κ3) is 5.96. The van der Waals surface area contributed by atoms with Crippen molar-refractivity contribution in [1.82, 2.24) is 0 Å². The average molecular weight is 277 g/mol. The predicted molar refractivity (Wildman–Crippen MR) is 87.2 cm³/mol. The number of nitrogens with two attached hydrogens (primary N) is 1. The van der Waals surface area contributed by atoms with Crippen molar-refractivity contribution in [2.45, 2.75) is 59.3 Å². The van der Waals surface area contributed by atoms with Gasteiger partial charge >= 0.3 is 0 Å². The zero-order chi connectivity index (χ0) is 14.8. The molecule has 1 aromatic rings. The molecular weight excluding hydrogens is 246 g/mol. The number of ether oxygens (including phenoxy) is 1. The lowest BCUT2D eigenvalue weighted by Crippen LogP contribution is -2.17. The SMILES string of the molecule is CCCC(C)(CCC)CCc1cccc(OCCN)c1. The van der Waals surface area contributed by atoms with Crippen LogP contribution in [0.25, 0.3) is 0 Å². The summed E-state index contributed by atoms with van der Waals surface area (Å²) in [4.78, 5) is 0. The van der Waals surface area contributed by atoms with Gasteiger partial charge in [0.05, 0.1) is 0 Å². The van der Waals surface area contributed by atoms with Crippen molar-refractivity contribution >= 4 is 0 Å². The third-order valence-electron chi connectivity index (χ3n) is 4.01. The van der Waals surface area contributed by atoms with Gasteiger partial charge in [-0.15, -0.1) is 0 Å². The van der Waals surface area contributed by atoms with Crippen LogP contribution in [0.5, 0.6) is 5.75 Å². The lowest BCUT2D eigenvalue weighted by atomic mass is 9.77. The molecule has 0 amide bonds. The van der Waals surface area contributed by atoms with Gasteiger partial charge in [-0.1, -0.05) is 45.7 Å². The highest BCUT2D eigenvalue weighted by molar-refractivity contribution is 5.28. The van der Waals surface area contributed by atoms with Crippen molar-refractivity contribution in [1.29, 1.82) is 0 Å². The van der Waals surface area contributed by atoms with E-state index in [1.807, 2.05) is 6.07 Å². The summed E-state index contributed by atoms with van der Waals surface area (Å²) in [6.07, 6.45) is 7.59. The molecule has 2 nitrogen and oxygen atoms in total. The van der Waals surface area contributed by atoms with Crippen molar-refractivity contribution in [3.63, 3.8) is 0 Å². The maximum absolute atomic E-state index is 5.60. The molecule has 2 N–H and O–H groups in total. The van der Waals surface area contributed by atoms with E-state index in [1.54, 1.807) is 0 Å². The molecular formula is C18H31NO. The van der Waals surface area contributed by atoms with E-state index < -0.39 is 0 Å². The molecule has 0 bridgehead atoms. The zero-order valence-corrected chi connectivity index (χ0v) is 13.5. The summed E-state index contributed by atoms with van der Waals surface area (Å²) in [6.45, 7) is 8.17. The Hall–Kier alpha value is -1.02. The van der Waals surface area contributed by atoms with Crippen LogP contribution in [0.15, 0.2) is 24.3 Å². The standard InChI is InChI=1S/C18H31NO/c1-4-10-18(3,11-5-2)12-9-16-7-6-8-17(15-16)20-14-13-19/h6-8,15H,4-5,9-14,19H2,1-3H3. The van der Waals surface area contributed by atoms with E-state index in [2.05, 4.69) is 39.0 Å². The lowest BCUT2D eigenvalue weighted by molar-refractivity contribution is 0.244. The first-order valence-corrected chi connectivity index (χ1v) is 8.05. The second kappa shape index (κ2) is 9.02. The van der Waals surface area contributed by atoms with Gasteiger partial charge in [-0.05, 0) is 48.8 Å². The lowest BCUT2D eigenvalue weighted by Gasteiger charge is -2.29. The van der Waals surface area contributed by atoms with Gasteiger partial charge in [-0.2, -0.15) is 0 Å². The number of hydrogen-bond acceptors (Lipinski definition) is 2. The van der Waals surface area contributed by atoms with Crippen molar-refractivity contribution in [2.24, 2.45) is 11.1 Å². The molecule has 2 heteroatoms. The van der Waals surface area contributed by atoms with Crippen LogP contribution in [-0.2, 0) is 6.42 Å². The van der Waals surface area contributed by atoms with E-state index in [0.717, 1.165) is 12.2 Å². The minimum absolute atomic E-state index is 0.484. The molecule has 0 aliphatic carbocycles. The molecule has 0 radical (unpaired) electrons. The molecule has 0 unspecified atom stereocenters. The van der Waals surface area contributed by atoms with Crippen molar-refractivity contribution < 1.29 is 4.74 Å². The van der Waals surface area contributed by atoms with Gasteiger partial charge < -0.3 is 10.5 Å². The molecule has 0 fully saturated rings. The maximum Gasteiger partial charge on any atom is 0.119 e. The van der Waals surface area contributed by atoms with Gasteiger partial charge in [0.25, 0.3) is 0 Å². The first-order chi connectivity index (χ1) is 9.63. The van der Waals surface area contributed by atoms with Crippen molar-refractivity contribution in [3.05, 3.63) is 29.8 Å². The Morgan fingerprint density at radius 2 is 1.80 bits per heavy atom. The van der Waals surface area contributed by atoms with Gasteiger partial charge in [0, 0.05) is 6.54 Å². The Morgan fingerprint density at radius 1 is 1.10 bits per heavy atom. The van der Waals surface area contributed by atoms with E-state index in [0.29, 0.717) is 18.6 Å². The van der Waals surface area contributed by atoms with E-state index in [4.69, 9.17) is 10.5 Å². The number of rotatable bonds is 10. The second-order valence-electron chi connectivity index (χ2n) is 6.10. The van der Waals surface area contributed by atoms with Crippen LogP contribution in [-0.4, -0.2) is 13.2 Å². The fourth-order valence-electron chi connectivity index (χ4n) is 3.00. The number of benzene rings is 1. The highest BCUT2D eigenvalue weighted by Crippen LogP contribution is 2.34. The summed E-state index contributed by atoms with van der Waals surface area (Å²) in [7, 11) is 0. The van der Waals surface area contributed by atoms with Crippen LogP contribution in [0.2, 0.25) is 0 Å². The third-order valence-corrected chi connectivity index (χ3v) is 4.01. The van der Waals surface area contributed by atoms with Crippen molar-refractivity contribution in [3.8, 4) is 5.75 Å². The van der Waals surface area contributed by atoms with Crippen molar-refractivity contribution in [2.75, 3.05) is 13.2 Å². The highest BCUT2D eigenvalue weighted by atomic mass is 16.5. The van der Waals surface area contributed by atoms with E-state index in [1.165, 1.54) is 37.7 Å². The molecule has 20 heavy (non-hydrogen) atoms. The molecule has 0 saturated carbocycles. The summed E-state index contributed by atoms with van der Waals surface area (Å²) in [6, 6.07) is 8.45. The fourth-order valence-corrected chi connectivity index (χ4v) is 3.00. The van der Waals surface area contributed by atoms with Gasteiger partial charge in [0.15, 0.2) is 0 Å². The van der Waals surface area contributed by atoms with E-state index in [9.17, 15) is 0 Å². The molecule has 0 saturated heterocycles. The molecule has 114 valence electrons. The monoisotopic (exact) mass is 277 g/mol. The summed E-state index contributed by atoms with van der Waals surface area (Å²) >= 11 is 0. The van der Waals surface area contributed by atoms with Crippen LogP contribution in [0.1, 0.15) is 58.4 Å². The Kier molecular flexibility index (Phi) is 7.68. The van der Waals surface area contributed by atoms with Crippen LogP contribution in [0, 0.1) is 5.41 Å². The molecule has 0 atom stereocenters. The molecule has 0 spiro atoms. The normalized spacial score (nSPS) is 11.6. The van der Waals surface area contributed by atoms with Crippen LogP contribution < -0.4 is 10.5 Å². The molecule has 1 rings (SSSR count). The first-order valence-electron chi connectivity index (χ1n) is 8.05. The molecule has 0 heterocycles. The fraction of sp³-hybridized carbons (Fsp3) is 0.667. The minimum atomic E-state index is 0.484. The quantitative estimate of drug-likeness (QED) is 0.680. The maximum atomic E-state index is 5.60. The molecule has 0 aliphatic rings. The Balaban J connectivity index is 2.58. The molecule has 0 aromatic heterocycles. The van der Waals surface area contributed by atoms with Crippen LogP contribution in [0.4, 0.5) is 0 Å². The summed E-state index contributed by atoms with van der Waals surface area (Å²) in [5.74, 6) is 0.945. The summed E-state index contributed by atoms with van der Waals surface area (Å²) in [5.41, 5.74) is 7.33. The smallest absolute Gasteiger partial charge is 0.119 e. The number of hydrogen-bond donors (Lipinski definition) is 1. The van der Waals surface area contributed by atoms with Gasteiger partial charge in [-0.25, -0.2) is 0 Å². The minimum Gasteiger partial charge on any atom is -0.492 e. The van der Waals surface area contributed by atoms with Gasteiger partial charge in [0.1, 0.15) is 12.4 Å². The van der Waals surface area contributed by atoms with Crippen LogP contribution >= 0.6 is 0 Å². The van der Waals surface area contributed by atoms with Gasteiger partial charge in [-0.3, -0.25) is 0 Å². The second-order valence-corrected chi connectivity index (χ2v) is 6.10. The Labute approximate surface area is 124 Å². The zero-order valence-electron chi connectivity index (χ0n) is 13.5. The highest BCUT2D eigenvalue weighted by Gasteiger charge is 2.21. The Bertz CT molecular complexity index is 369. The van der Waals surface area contributed by atoms with E-state index >= 15 is 0 Å². The first kappa shape index (κ1) is 17.0. The topological polar surface area (TPSA) is 35.2 Å². The average Bonchev–Trinajstić information content (AvgIpc) is 2.44. The van der Waals surface area contributed by atoms with Gasteiger partial charge in [0.2, 0.25) is 0 Å². The largest absolute Gasteiger partial charge is 0.492 e.